The molecule has 47 heavy (non-hydrogen) atoms. The molecule has 1 aromatic heterocycles. The lowest BCUT2D eigenvalue weighted by Crippen LogP contribution is -2.33. The summed E-state index contributed by atoms with van der Waals surface area (Å²) in [5.41, 5.74) is 3.00. The number of ether oxygens (including phenoxy) is 1. The van der Waals surface area contributed by atoms with Crippen molar-refractivity contribution in [1.29, 1.82) is 0 Å². The number of carbonyl (C=O) groups is 3. The third kappa shape index (κ3) is 5.55. The molecule has 10 heteroatoms. The second-order valence-corrected chi connectivity index (χ2v) is 15.0. The summed E-state index contributed by atoms with van der Waals surface area (Å²) in [6.45, 7) is 6.18. The van der Waals surface area contributed by atoms with E-state index in [-0.39, 0.29) is 34.6 Å². The molecule has 3 amide bonds. The van der Waals surface area contributed by atoms with Gasteiger partial charge >= 0.3 is 4.87 Å². The van der Waals surface area contributed by atoms with Gasteiger partial charge in [0.25, 0.3) is 0 Å². The summed E-state index contributed by atoms with van der Waals surface area (Å²) >= 11 is 2.25. The summed E-state index contributed by atoms with van der Waals surface area (Å²) in [5, 5.41) is 4.76. The van der Waals surface area contributed by atoms with E-state index in [1.165, 1.54) is 21.2 Å². The number of aromatic nitrogens is 1. The lowest BCUT2D eigenvalue weighted by molar-refractivity contribution is -0.122. The topological polar surface area (TPSA) is 97.7 Å². The van der Waals surface area contributed by atoms with E-state index < -0.39 is 17.1 Å². The normalized spacial score (nSPS) is 19.1. The fraction of sp³-hybridized carbons (Fsp3) is 0.243. The van der Waals surface area contributed by atoms with Gasteiger partial charge in [-0.15, -0.1) is 0 Å². The summed E-state index contributed by atoms with van der Waals surface area (Å²) in [5.74, 6) is -1.65. The van der Waals surface area contributed by atoms with Crippen LogP contribution >= 0.6 is 23.1 Å². The smallest absolute Gasteiger partial charge is 0.308 e. The lowest BCUT2D eigenvalue weighted by atomic mass is 9.81. The van der Waals surface area contributed by atoms with Crippen LogP contribution in [-0.4, -0.2) is 34.6 Å². The molecular weight excluding hydrogens is 631 g/mol. The fourth-order valence-electron chi connectivity index (χ4n) is 6.40. The summed E-state index contributed by atoms with van der Waals surface area (Å²) in [6, 6.07) is 28.5. The van der Waals surface area contributed by atoms with E-state index in [9.17, 15) is 19.2 Å². The quantitative estimate of drug-likeness (QED) is 0.201. The Hall–Kier alpha value is -4.67. The predicted octanol–water partition coefficient (Wildman–Crippen LogP) is 6.80. The van der Waals surface area contributed by atoms with Crippen molar-refractivity contribution < 1.29 is 19.1 Å². The van der Waals surface area contributed by atoms with Crippen LogP contribution in [0.3, 0.4) is 0 Å². The SMILES string of the molecule is COc1ccc(N2C(=O)C3Sc4c(sc(=O)n4CC(=O)Nc4ccc5ccccc5c4)C(c4ccc(C(C)(C)C)cc4)C3C2=O)cc1. The van der Waals surface area contributed by atoms with Gasteiger partial charge in [0.05, 0.1) is 23.7 Å². The van der Waals surface area contributed by atoms with Crippen molar-refractivity contribution in [1.82, 2.24) is 4.57 Å². The average Bonchev–Trinajstić information content (AvgIpc) is 3.50. The van der Waals surface area contributed by atoms with Crippen LogP contribution in [0, 0.1) is 5.92 Å². The highest BCUT2D eigenvalue weighted by atomic mass is 32.2. The maximum absolute atomic E-state index is 14.2. The number of methoxy groups -OCH3 is 1. The standard InChI is InChI=1S/C37H33N3O5S2/c1-37(2,3)24-12-9-22(10-13-24)29-30-31(34(43)40(33(30)42)26-15-17-27(45-4)18-16-26)46-35-32(29)47-36(44)39(35)20-28(41)38-25-14-11-21-7-5-6-8-23(21)19-25/h5-19,29-31H,20H2,1-4H3,(H,38,41). The third-order valence-corrected chi connectivity index (χ3v) is 11.5. The van der Waals surface area contributed by atoms with Crippen LogP contribution in [0.4, 0.5) is 11.4 Å². The van der Waals surface area contributed by atoms with Gasteiger partial charge in [0.2, 0.25) is 17.7 Å². The molecule has 3 atom stereocenters. The first-order valence-electron chi connectivity index (χ1n) is 15.3. The fourth-order valence-corrected chi connectivity index (χ4v) is 9.18. The molecule has 2 aliphatic rings. The number of imide groups is 1. The minimum absolute atomic E-state index is 0.0779. The second kappa shape index (κ2) is 11.8. The summed E-state index contributed by atoms with van der Waals surface area (Å²) in [7, 11) is 1.56. The first-order valence-corrected chi connectivity index (χ1v) is 17.0. The Kier molecular flexibility index (Phi) is 7.80. The number of thioether (sulfide) groups is 1. The van der Waals surface area contributed by atoms with E-state index in [0.717, 1.165) is 33.2 Å². The molecule has 0 spiro atoms. The number of hydrogen-bond donors (Lipinski definition) is 1. The van der Waals surface area contributed by atoms with Crippen LogP contribution in [-0.2, 0) is 26.3 Å². The molecule has 3 heterocycles. The monoisotopic (exact) mass is 663 g/mol. The van der Waals surface area contributed by atoms with Gasteiger partial charge < -0.3 is 10.1 Å². The van der Waals surface area contributed by atoms with E-state index in [0.29, 0.717) is 27.0 Å². The molecule has 1 N–H and O–H groups in total. The van der Waals surface area contributed by atoms with Gasteiger partial charge in [-0.1, -0.05) is 98.5 Å². The minimum atomic E-state index is -0.770. The van der Waals surface area contributed by atoms with E-state index in [1.54, 1.807) is 31.4 Å². The van der Waals surface area contributed by atoms with Crippen LogP contribution in [0.2, 0.25) is 0 Å². The molecule has 3 unspecified atom stereocenters. The Bertz CT molecular complexity index is 2090. The van der Waals surface area contributed by atoms with Gasteiger partial charge in [-0.3, -0.25) is 23.7 Å². The summed E-state index contributed by atoms with van der Waals surface area (Å²) in [6.07, 6.45) is 0. The first-order chi connectivity index (χ1) is 22.5. The molecule has 0 bridgehead atoms. The third-order valence-electron chi connectivity index (χ3n) is 8.85. The van der Waals surface area contributed by atoms with Crippen molar-refractivity contribution in [2.75, 3.05) is 17.3 Å². The van der Waals surface area contributed by atoms with Crippen LogP contribution in [0.25, 0.3) is 10.8 Å². The number of thiazole rings is 1. The Morgan fingerprint density at radius 2 is 1.57 bits per heavy atom. The van der Waals surface area contributed by atoms with Crippen LogP contribution in [0.5, 0.6) is 5.75 Å². The number of fused-ring (bicyclic) bond motifs is 3. The number of anilines is 2. The van der Waals surface area contributed by atoms with Crippen molar-refractivity contribution in [3.8, 4) is 5.75 Å². The molecule has 0 aliphatic carbocycles. The van der Waals surface area contributed by atoms with Gasteiger partial charge in [-0.2, -0.15) is 0 Å². The lowest BCUT2D eigenvalue weighted by Gasteiger charge is -2.31. The highest BCUT2D eigenvalue weighted by molar-refractivity contribution is 8.00. The van der Waals surface area contributed by atoms with Crippen molar-refractivity contribution in [3.05, 3.63) is 117 Å². The van der Waals surface area contributed by atoms with Gasteiger partial charge in [-0.25, -0.2) is 4.90 Å². The molecule has 2 aliphatic heterocycles. The van der Waals surface area contributed by atoms with Crippen LogP contribution in [0.15, 0.2) is 101 Å². The molecule has 5 aromatic rings. The van der Waals surface area contributed by atoms with Crippen molar-refractivity contribution in [2.24, 2.45) is 5.92 Å². The molecule has 8 nitrogen and oxygen atoms in total. The number of nitrogens with zero attached hydrogens (tertiary/aromatic N) is 2. The summed E-state index contributed by atoms with van der Waals surface area (Å²) < 4.78 is 6.72. The Labute approximate surface area is 280 Å². The Morgan fingerprint density at radius 1 is 0.872 bits per heavy atom. The zero-order chi connectivity index (χ0) is 33.0. The Morgan fingerprint density at radius 3 is 2.26 bits per heavy atom. The number of nitrogens with one attached hydrogen (secondary N) is 1. The van der Waals surface area contributed by atoms with Gasteiger partial charge in [0.15, 0.2) is 0 Å². The molecule has 238 valence electrons. The van der Waals surface area contributed by atoms with Crippen molar-refractivity contribution in [2.45, 2.75) is 48.9 Å². The first kappa shape index (κ1) is 31.0. The van der Waals surface area contributed by atoms with Gasteiger partial charge in [0.1, 0.15) is 17.5 Å². The number of amides is 3. The predicted molar refractivity (Wildman–Crippen MR) is 187 cm³/mol. The molecule has 7 rings (SSSR count). The maximum atomic E-state index is 14.2. The molecule has 0 saturated carbocycles. The van der Waals surface area contributed by atoms with Crippen LogP contribution in [0.1, 0.15) is 42.7 Å². The van der Waals surface area contributed by atoms with E-state index in [4.69, 9.17) is 4.74 Å². The molecular formula is C37H33N3O5S2. The largest absolute Gasteiger partial charge is 0.497 e. The maximum Gasteiger partial charge on any atom is 0.308 e. The molecule has 1 fully saturated rings. The van der Waals surface area contributed by atoms with E-state index in [2.05, 4.69) is 26.1 Å². The van der Waals surface area contributed by atoms with E-state index in [1.807, 2.05) is 66.7 Å². The zero-order valence-electron chi connectivity index (χ0n) is 26.4. The van der Waals surface area contributed by atoms with Gasteiger partial charge in [0, 0.05) is 16.5 Å². The number of hydrogen-bond acceptors (Lipinski definition) is 7. The molecule has 0 radical (unpaired) electrons. The Balaban J connectivity index is 1.26. The number of rotatable bonds is 6. The van der Waals surface area contributed by atoms with E-state index >= 15 is 0 Å². The number of benzene rings is 4. The number of carbonyl (C=O) groups excluding carboxylic acids is 3. The second-order valence-electron chi connectivity index (χ2n) is 12.9. The highest BCUT2D eigenvalue weighted by Gasteiger charge is 2.56. The van der Waals surface area contributed by atoms with Crippen LogP contribution < -0.4 is 19.8 Å². The average molecular weight is 664 g/mol. The minimum Gasteiger partial charge on any atom is -0.497 e. The van der Waals surface area contributed by atoms with Gasteiger partial charge in [-0.05, 0) is 63.7 Å². The molecule has 1 saturated heterocycles. The highest BCUT2D eigenvalue weighted by Crippen LogP contribution is 2.54. The zero-order valence-corrected chi connectivity index (χ0v) is 28.0. The molecule has 4 aromatic carbocycles. The van der Waals surface area contributed by atoms with Crippen molar-refractivity contribution in [3.63, 3.8) is 0 Å². The summed E-state index contributed by atoms with van der Waals surface area (Å²) in [4.78, 5) is 56.8. The van der Waals surface area contributed by atoms with Crippen molar-refractivity contribution >= 4 is 63.0 Å².